The Morgan fingerprint density at radius 3 is 2.88 bits per heavy atom. The van der Waals surface area contributed by atoms with Crippen LogP contribution in [0.25, 0.3) is 0 Å². The second-order valence-corrected chi connectivity index (χ2v) is 6.01. The van der Waals surface area contributed by atoms with E-state index in [0.717, 1.165) is 5.69 Å². The molecule has 1 N–H and O–H groups in total. The molecule has 0 unspecified atom stereocenters. The zero-order chi connectivity index (χ0) is 18.5. The smallest absolute Gasteiger partial charge is 0.265 e. The summed E-state index contributed by atoms with van der Waals surface area (Å²) < 4.78 is 5.43. The third-order valence-electron chi connectivity index (χ3n) is 4.23. The SMILES string of the molecule is CC(=O)c1ccc(C#N)c(NCCCN2C(=O)COc3ccccc32)c1. The average Bonchev–Trinajstić information content (AvgIpc) is 2.66. The Labute approximate surface area is 152 Å². The molecule has 0 aromatic heterocycles. The standard InChI is InChI=1S/C20H19N3O3/c1-14(24)15-7-8-16(12-21)17(11-15)22-9-4-10-23-18-5-2-3-6-19(18)26-13-20(23)25/h2-3,5-8,11,22H,4,9-10,13H2,1H3. The molecule has 0 atom stereocenters. The van der Waals surface area contributed by atoms with Gasteiger partial charge in [-0.25, -0.2) is 0 Å². The van der Waals surface area contributed by atoms with Crippen molar-refractivity contribution in [2.45, 2.75) is 13.3 Å². The van der Waals surface area contributed by atoms with Gasteiger partial charge in [0.05, 0.1) is 16.9 Å². The van der Waals surface area contributed by atoms with E-state index in [1.54, 1.807) is 23.1 Å². The lowest BCUT2D eigenvalue weighted by Gasteiger charge is -2.29. The third kappa shape index (κ3) is 3.67. The van der Waals surface area contributed by atoms with Crippen LogP contribution in [-0.2, 0) is 4.79 Å². The largest absolute Gasteiger partial charge is 0.482 e. The molecule has 0 spiro atoms. The van der Waals surface area contributed by atoms with Crippen LogP contribution in [0, 0.1) is 11.3 Å². The number of amides is 1. The van der Waals surface area contributed by atoms with Gasteiger partial charge in [0.2, 0.25) is 0 Å². The summed E-state index contributed by atoms with van der Waals surface area (Å²) in [5.74, 6) is 0.592. The number of rotatable bonds is 6. The normalized spacial score (nSPS) is 12.8. The van der Waals surface area contributed by atoms with Crippen LogP contribution in [0.5, 0.6) is 5.75 Å². The lowest BCUT2D eigenvalue weighted by molar-refractivity contribution is -0.121. The molecule has 26 heavy (non-hydrogen) atoms. The van der Waals surface area contributed by atoms with Gasteiger partial charge in [-0.05, 0) is 43.7 Å². The number of para-hydroxylation sites is 2. The fourth-order valence-electron chi connectivity index (χ4n) is 2.87. The summed E-state index contributed by atoms with van der Waals surface area (Å²) in [6.07, 6.45) is 0.690. The Morgan fingerprint density at radius 1 is 1.31 bits per heavy atom. The van der Waals surface area contributed by atoms with Crippen molar-refractivity contribution in [1.29, 1.82) is 5.26 Å². The number of nitriles is 1. The van der Waals surface area contributed by atoms with Crippen LogP contribution in [0.15, 0.2) is 42.5 Å². The summed E-state index contributed by atoms with van der Waals surface area (Å²) >= 11 is 0. The molecule has 0 radical (unpaired) electrons. The van der Waals surface area contributed by atoms with Gasteiger partial charge in [-0.1, -0.05) is 12.1 Å². The molecule has 6 nitrogen and oxygen atoms in total. The molecule has 3 rings (SSSR count). The van der Waals surface area contributed by atoms with Gasteiger partial charge < -0.3 is 15.0 Å². The van der Waals surface area contributed by atoms with Crippen molar-refractivity contribution in [3.05, 3.63) is 53.6 Å². The molecule has 0 saturated carbocycles. The number of nitrogens with zero attached hydrogens (tertiary/aromatic N) is 2. The van der Waals surface area contributed by atoms with Crippen LogP contribution in [0.4, 0.5) is 11.4 Å². The van der Waals surface area contributed by atoms with Crippen molar-refractivity contribution in [3.63, 3.8) is 0 Å². The Kier molecular flexibility index (Phi) is 5.18. The van der Waals surface area contributed by atoms with E-state index in [0.29, 0.717) is 42.1 Å². The fraction of sp³-hybridized carbons (Fsp3) is 0.250. The quantitative estimate of drug-likeness (QED) is 0.640. The summed E-state index contributed by atoms with van der Waals surface area (Å²) in [5.41, 5.74) is 2.46. The Hall–Kier alpha value is -3.33. The second-order valence-electron chi connectivity index (χ2n) is 6.01. The van der Waals surface area contributed by atoms with Crippen molar-refractivity contribution in [1.82, 2.24) is 0 Å². The first-order chi connectivity index (χ1) is 12.6. The molecule has 0 fully saturated rings. The Balaban J connectivity index is 1.63. The number of ether oxygens (including phenoxy) is 1. The Morgan fingerprint density at radius 2 is 2.12 bits per heavy atom. The number of benzene rings is 2. The maximum Gasteiger partial charge on any atom is 0.265 e. The average molecular weight is 349 g/mol. The molecule has 1 aliphatic rings. The molecular weight excluding hydrogens is 330 g/mol. The van der Waals surface area contributed by atoms with E-state index in [1.807, 2.05) is 24.3 Å². The van der Waals surface area contributed by atoms with Crippen LogP contribution >= 0.6 is 0 Å². The van der Waals surface area contributed by atoms with Crippen LogP contribution < -0.4 is 15.0 Å². The molecule has 132 valence electrons. The lowest BCUT2D eigenvalue weighted by atomic mass is 10.1. The maximum absolute atomic E-state index is 12.1. The van der Waals surface area contributed by atoms with E-state index in [2.05, 4.69) is 11.4 Å². The zero-order valence-electron chi connectivity index (χ0n) is 14.5. The van der Waals surface area contributed by atoms with Crippen molar-refractivity contribution in [3.8, 4) is 11.8 Å². The molecule has 6 heteroatoms. The van der Waals surface area contributed by atoms with Crippen molar-refractivity contribution < 1.29 is 14.3 Å². The van der Waals surface area contributed by atoms with Gasteiger partial charge in [-0.2, -0.15) is 5.26 Å². The van der Waals surface area contributed by atoms with Gasteiger partial charge in [0.25, 0.3) is 5.91 Å². The predicted octanol–water partition coefficient (Wildman–Crippen LogP) is 2.99. The highest BCUT2D eigenvalue weighted by Gasteiger charge is 2.24. The van der Waals surface area contributed by atoms with E-state index < -0.39 is 0 Å². The zero-order valence-corrected chi connectivity index (χ0v) is 14.5. The number of nitrogens with one attached hydrogen (secondary N) is 1. The van der Waals surface area contributed by atoms with Crippen LogP contribution in [0.3, 0.4) is 0 Å². The third-order valence-corrected chi connectivity index (χ3v) is 4.23. The maximum atomic E-state index is 12.1. The lowest BCUT2D eigenvalue weighted by Crippen LogP contribution is -2.39. The molecule has 2 aromatic carbocycles. The van der Waals surface area contributed by atoms with E-state index in [-0.39, 0.29) is 18.3 Å². The first-order valence-electron chi connectivity index (χ1n) is 8.41. The van der Waals surface area contributed by atoms with E-state index >= 15 is 0 Å². The molecule has 0 saturated heterocycles. The number of carbonyl (C=O) groups excluding carboxylic acids is 2. The van der Waals surface area contributed by atoms with Crippen LogP contribution in [0.2, 0.25) is 0 Å². The number of carbonyl (C=O) groups is 2. The topological polar surface area (TPSA) is 82.4 Å². The molecule has 0 aliphatic carbocycles. The first kappa shape index (κ1) is 17.5. The van der Waals surface area contributed by atoms with Crippen LogP contribution in [0.1, 0.15) is 29.3 Å². The minimum Gasteiger partial charge on any atom is -0.482 e. The van der Waals surface area contributed by atoms with Crippen molar-refractivity contribution >= 4 is 23.1 Å². The summed E-state index contributed by atoms with van der Waals surface area (Å²) in [6.45, 7) is 2.65. The van der Waals surface area contributed by atoms with Gasteiger partial charge in [-0.15, -0.1) is 0 Å². The predicted molar refractivity (Wildman–Crippen MR) is 98.6 cm³/mol. The van der Waals surface area contributed by atoms with Gasteiger partial charge in [0.15, 0.2) is 12.4 Å². The number of hydrogen-bond donors (Lipinski definition) is 1. The minimum absolute atomic E-state index is 0.0453. The summed E-state index contributed by atoms with van der Waals surface area (Å²) in [4.78, 5) is 25.4. The van der Waals surface area contributed by atoms with E-state index in [4.69, 9.17) is 4.74 Å². The van der Waals surface area contributed by atoms with Crippen molar-refractivity contribution in [2.24, 2.45) is 0 Å². The van der Waals surface area contributed by atoms with Gasteiger partial charge >= 0.3 is 0 Å². The molecule has 1 aliphatic heterocycles. The first-order valence-corrected chi connectivity index (χ1v) is 8.41. The molecular formula is C20H19N3O3. The highest BCUT2D eigenvalue weighted by molar-refractivity contribution is 5.97. The number of ketones is 1. The molecule has 2 aromatic rings. The summed E-state index contributed by atoms with van der Waals surface area (Å²) in [6, 6.07) is 14.6. The number of hydrogen-bond acceptors (Lipinski definition) is 5. The highest BCUT2D eigenvalue weighted by atomic mass is 16.5. The van der Waals surface area contributed by atoms with E-state index in [1.165, 1.54) is 6.92 Å². The van der Waals surface area contributed by atoms with E-state index in [9.17, 15) is 14.9 Å². The van der Waals surface area contributed by atoms with Gasteiger partial charge in [0.1, 0.15) is 11.8 Å². The monoisotopic (exact) mass is 349 g/mol. The Bertz CT molecular complexity index is 886. The molecule has 0 bridgehead atoms. The van der Waals surface area contributed by atoms with Gasteiger partial charge in [0, 0.05) is 18.7 Å². The second kappa shape index (κ2) is 7.70. The minimum atomic E-state index is -0.0695. The summed E-state index contributed by atoms with van der Waals surface area (Å²) in [5, 5.41) is 12.4. The number of anilines is 2. The molecule has 1 heterocycles. The fourth-order valence-corrected chi connectivity index (χ4v) is 2.87. The van der Waals surface area contributed by atoms with Gasteiger partial charge in [-0.3, -0.25) is 9.59 Å². The molecule has 1 amide bonds. The number of fused-ring (bicyclic) bond motifs is 1. The van der Waals surface area contributed by atoms with Crippen LogP contribution in [-0.4, -0.2) is 31.4 Å². The summed E-state index contributed by atoms with van der Waals surface area (Å²) in [7, 11) is 0. The van der Waals surface area contributed by atoms with Crippen molar-refractivity contribution in [2.75, 3.05) is 29.9 Å². The highest BCUT2D eigenvalue weighted by Crippen LogP contribution is 2.31. The number of Topliss-reactive ketones (excluding diaryl/α,β-unsaturated/α-hetero) is 1.